The summed E-state index contributed by atoms with van der Waals surface area (Å²) in [4.78, 5) is 13.6. The van der Waals surface area contributed by atoms with E-state index in [1.807, 2.05) is 65.7 Å². The number of hydrogen-bond acceptors (Lipinski definition) is 3. The van der Waals surface area contributed by atoms with Gasteiger partial charge in [0.1, 0.15) is 11.7 Å². The second-order valence-corrected chi connectivity index (χ2v) is 8.83. The second kappa shape index (κ2) is 10.4. The third-order valence-electron chi connectivity index (χ3n) is 5.93. The van der Waals surface area contributed by atoms with Crippen molar-refractivity contribution < 1.29 is 9.18 Å². The minimum absolute atomic E-state index is 0.0610. The summed E-state index contributed by atoms with van der Waals surface area (Å²) in [6, 6.07) is 25.8. The van der Waals surface area contributed by atoms with Gasteiger partial charge in [-0.1, -0.05) is 74.5 Å². The van der Waals surface area contributed by atoms with Crippen molar-refractivity contribution in [1.82, 2.24) is 5.32 Å². The first-order valence-electron chi connectivity index (χ1n) is 11.6. The molecule has 33 heavy (non-hydrogen) atoms. The molecule has 0 aliphatic carbocycles. The Balaban J connectivity index is 1.74. The summed E-state index contributed by atoms with van der Waals surface area (Å²) in [7, 11) is 0. The van der Waals surface area contributed by atoms with E-state index >= 15 is 0 Å². The van der Waals surface area contributed by atoms with E-state index < -0.39 is 5.92 Å². The molecule has 0 radical (unpaired) electrons. The van der Waals surface area contributed by atoms with E-state index in [2.05, 4.69) is 19.2 Å². The fourth-order valence-electron chi connectivity index (χ4n) is 4.27. The maximum Gasteiger partial charge on any atom is 0.231 e. The van der Waals surface area contributed by atoms with Crippen molar-refractivity contribution in [1.29, 1.82) is 0 Å². The maximum absolute atomic E-state index is 13.7. The van der Waals surface area contributed by atoms with Crippen LogP contribution in [0.25, 0.3) is 0 Å². The Morgan fingerprint density at radius 1 is 0.970 bits per heavy atom. The number of halogens is 1. The summed E-state index contributed by atoms with van der Waals surface area (Å²) in [6.07, 6.45) is 1.99. The van der Waals surface area contributed by atoms with Gasteiger partial charge in [-0.05, 0) is 54.2 Å². The van der Waals surface area contributed by atoms with Gasteiger partial charge in [0, 0.05) is 6.54 Å². The molecule has 1 heterocycles. The van der Waals surface area contributed by atoms with Crippen molar-refractivity contribution >= 4 is 17.3 Å². The lowest BCUT2D eigenvalue weighted by atomic mass is 9.86. The zero-order chi connectivity index (χ0) is 23.2. The third kappa shape index (κ3) is 5.30. The first kappa shape index (κ1) is 22.7. The van der Waals surface area contributed by atoms with Crippen LogP contribution in [0.15, 0.2) is 90.0 Å². The zero-order valence-corrected chi connectivity index (χ0v) is 19.1. The molecule has 1 amide bonds. The molecule has 0 aromatic heterocycles. The van der Waals surface area contributed by atoms with Gasteiger partial charge in [0.05, 0.1) is 17.4 Å². The average Bonchev–Trinajstić information content (AvgIpc) is 3.24. The molecular weight excluding hydrogens is 413 g/mol. The Hall–Kier alpha value is -3.47. The molecule has 4 rings (SSSR count). The average molecular weight is 444 g/mol. The lowest BCUT2D eigenvalue weighted by Crippen LogP contribution is -2.39. The number of para-hydroxylation sites is 1. The lowest BCUT2D eigenvalue weighted by Gasteiger charge is -2.28. The topological polar surface area (TPSA) is 44.7 Å². The predicted octanol–water partition coefficient (Wildman–Crippen LogP) is 5.96. The number of rotatable bonds is 8. The standard InChI is InChI=1S/C28H30FN3O/c1-20(2)10-9-19-30-28(33)25-26(21-15-17-23(29)18-16-21)31-32(24-13-7-4-8-14-24)27(25)22-11-5-3-6-12-22/h3-8,11-18,20,25,27H,9-10,19H2,1-2H3,(H,30,33). The minimum Gasteiger partial charge on any atom is -0.355 e. The summed E-state index contributed by atoms with van der Waals surface area (Å²) in [6.45, 7) is 4.99. The molecule has 1 N–H and O–H groups in total. The largest absolute Gasteiger partial charge is 0.355 e. The molecule has 1 aliphatic rings. The molecule has 0 saturated heterocycles. The third-order valence-corrected chi connectivity index (χ3v) is 5.93. The van der Waals surface area contributed by atoms with Crippen LogP contribution in [-0.4, -0.2) is 18.2 Å². The van der Waals surface area contributed by atoms with Crippen LogP contribution < -0.4 is 10.3 Å². The number of nitrogens with zero attached hydrogens (tertiary/aromatic N) is 2. The summed E-state index contributed by atoms with van der Waals surface area (Å²) in [5, 5.41) is 10.0. The number of hydrogen-bond donors (Lipinski definition) is 1. The van der Waals surface area contributed by atoms with E-state index in [-0.39, 0.29) is 17.8 Å². The van der Waals surface area contributed by atoms with Gasteiger partial charge in [-0.25, -0.2) is 4.39 Å². The van der Waals surface area contributed by atoms with Crippen molar-refractivity contribution in [3.05, 3.63) is 102 Å². The molecule has 3 aromatic carbocycles. The molecule has 3 aromatic rings. The smallest absolute Gasteiger partial charge is 0.231 e. The number of carbonyl (C=O) groups excluding carboxylic acids is 1. The van der Waals surface area contributed by atoms with E-state index in [0.29, 0.717) is 18.2 Å². The van der Waals surface area contributed by atoms with Crippen LogP contribution in [0.1, 0.15) is 43.9 Å². The second-order valence-electron chi connectivity index (χ2n) is 8.83. The summed E-state index contributed by atoms with van der Waals surface area (Å²) in [5.41, 5.74) is 3.30. The predicted molar refractivity (Wildman–Crippen MR) is 132 cm³/mol. The minimum atomic E-state index is -0.530. The van der Waals surface area contributed by atoms with Crippen molar-refractivity contribution in [3.8, 4) is 0 Å². The molecule has 5 heteroatoms. The molecule has 4 nitrogen and oxygen atoms in total. The van der Waals surface area contributed by atoms with E-state index in [1.165, 1.54) is 12.1 Å². The summed E-state index contributed by atoms with van der Waals surface area (Å²) < 4.78 is 13.7. The van der Waals surface area contributed by atoms with Gasteiger partial charge >= 0.3 is 0 Å². The highest BCUT2D eigenvalue weighted by atomic mass is 19.1. The molecule has 1 aliphatic heterocycles. The molecule has 2 unspecified atom stereocenters. The van der Waals surface area contributed by atoms with Crippen LogP contribution in [0, 0.1) is 17.7 Å². The molecular formula is C28H30FN3O. The van der Waals surface area contributed by atoms with Gasteiger partial charge in [-0.2, -0.15) is 5.10 Å². The van der Waals surface area contributed by atoms with Crippen LogP contribution in [0.2, 0.25) is 0 Å². The number of hydrazone groups is 1. The van der Waals surface area contributed by atoms with Gasteiger partial charge < -0.3 is 5.32 Å². The Morgan fingerprint density at radius 3 is 2.24 bits per heavy atom. The number of benzene rings is 3. The fraction of sp³-hybridized carbons (Fsp3) is 0.286. The molecule has 170 valence electrons. The molecule has 0 bridgehead atoms. The van der Waals surface area contributed by atoms with Crippen LogP contribution in [0.3, 0.4) is 0 Å². The number of nitrogens with one attached hydrogen (secondary N) is 1. The highest BCUT2D eigenvalue weighted by molar-refractivity contribution is 6.15. The molecule has 0 saturated carbocycles. The Labute approximate surface area is 195 Å². The number of carbonyl (C=O) groups is 1. The van der Waals surface area contributed by atoms with Gasteiger partial charge in [-0.15, -0.1) is 0 Å². The maximum atomic E-state index is 13.7. The van der Waals surface area contributed by atoms with Gasteiger partial charge in [0.15, 0.2) is 0 Å². The zero-order valence-electron chi connectivity index (χ0n) is 19.1. The SMILES string of the molecule is CC(C)CCCNC(=O)C1C(c2ccc(F)cc2)=NN(c2ccccc2)C1c1ccccc1. The van der Waals surface area contributed by atoms with Crippen molar-refractivity contribution in [2.75, 3.05) is 11.6 Å². The number of amides is 1. The molecule has 2 atom stereocenters. The highest BCUT2D eigenvalue weighted by Crippen LogP contribution is 2.40. The van der Waals surface area contributed by atoms with E-state index in [0.717, 1.165) is 29.7 Å². The lowest BCUT2D eigenvalue weighted by molar-refractivity contribution is -0.123. The van der Waals surface area contributed by atoms with Crippen LogP contribution in [-0.2, 0) is 4.79 Å². The van der Waals surface area contributed by atoms with Crippen LogP contribution in [0.5, 0.6) is 0 Å². The van der Waals surface area contributed by atoms with Crippen molar-refractivity contribution in [2.45, 2.75) is 32.7 Å². The van der Waals surface area contributed by atoms with Crippen LogP contribution >= 0.6 is 0 Å². The molecule has 0 spiro atoms. The van der Waals surface area contributed by atoms with Crippen molar-refractivity contribution in [2.24, 2.45) is 16.9 Å². The Kier molecular flexibility index (Phi) is 7.18. The number of anilines is 1. The van der Waals surface area contributed by atoms with Gasteiger partial charge in [0.2, 0.25) is 5.91 Å². The fourth-order valence-corrected chi connectivity index (χ4v) is 4.27. The van der Waals surface area contributed by atoms with E-state index in [9.17, 15) is 9.18 Å². The monoisotopic (exact) mass is 443 g/mol. The summed E-state index contributed by atoms with van der Waals surface area (Å²) in [5.74, 6) is -0.312. The van der Waals surface area contributed by atoms with Gasteiger partial charge in [-0.3, -0.25) is 9.80 Å². The summed E-state index contributed by atoms with van der Waals surface area (Å²) >= 11 is 0. The Bertz CT molecular complexity index is 1080. The van der Waals surface area contributed by atoms with Crippen LogP contribution in [0.4, 0.5) is 10.1 Å². The van der Waals surface area contributed by atoms with E-state index in [4.69, 9.17) is 5.10 Å². The quantitative estimate of drug-likeness (QED) is 0.437. The van der Waals surface area contributed by atoms with Gasteiger partial charge in [0.25, 0.3) is 0 Å². The first-order chi connectivity index (χ1) is 16.0. The first-order valence-corrected chi connectivity index (χ1v) is 11.6. The Morgan fingerprint density at radius 2 is 1.61 bits per heavy atom. The highest BCUT2D eigenvalue weighted by Gasteiger charge is 2.44. The van der Waals surface area contributed by atoms with E-state index in [1.54, 1.807) is 12.1 Å². The normalized spacial score (nSPS) is 17.8. The van der Waals surface area contributed by atoms with Crippen molar-refractivity contribution in [3.63, 3.8) is 0 Å². The molecule has 0 fully saturated rings.